The average Bonchev–Trinajstić information content (AvgIpc) is 2.99. The second-order valence-corrected chi connectivity index (χ2v) is 4.60. The second-order valence-electron chi connectivity index (χ2n) is 4.60. The second kappa shape index (κ2) is 4.25. The van der Waals surface area contributed by atoms with Gasteiger partial charge in [0.1, 0.15) is 5.82 Å². The molecule has 0 spiro atoms. The quantitative estimate of drug-likeness (QED) is 0.784. The molecule has 1 fully saturated rings. The maximum Gasteiger partial charge on any atom is 0.273 e. The van der Waals surface area contributed by atoms with Crippen LogP contribution in [0.1, 0.15) is 12.8 Å². The SMILES string of the molecule is Nc1ccc(-n2[nH]c(N3CCCC3)cc2=O)cc1. The minimum absolute atomic E-state index is 0.0401. The van der Waals surface area contributed by atoms with Crippen molar-refractivity contribution in [3.63, 3.8) is 0 Å². The number of hydrogen-bond donors (Lipinski definition) is 2. The van der Waals surface area contributed by atoms with E-state index in [9.17, 15) is 4.79 Å². The molecule has 1 aromatic heterocycles. The monoisotopic (exact) mass is 244 g/mol. The van der Waals surface area contributed by atoms with Crippen LogP contribution in [0.5, 0.6) is 0 Å². The summed E-state index contributed by atoms with van der Waals surface area (Å²) in [5.41, 5.74) is 7.10. The van der Waals surface area contributed by atoms with Crippen LogP contribution in [0.25, 0.3) is 5.69 Å². The van der Waals surface area contributed by atoms with E-state index in [1.165, 1.54) is 12.8 Å². The maximum atomic E-state index is 12.0. The van der Waals surface area contributed by atoms with Gasteiger partial charge < -0.3 is 10.6 Å². The Labute approximate surface area is 105 Å². The number of nitrogens with zero attached hydrogens (tertiary/aromatic N) is 2. The molecule has 5 heteroatoms. The smallest absolute Gasteiger partial charge is 0.273 e. The highest BCUT2D eigenvalue weighted by Crippen LogP contribution is 2.17. The third-order valence-electron chi connectivity index (χ3n) is 3.30. The first-order chi connectivity index (χ1) is 8.74. The van der Waals surface area contributed by atoms with Crippen LogP contribution >= 0.6 is 0 Å². The Morgan fingerprint density at radius 2 is 1.78 bits per heavy atom. The molecule has 1 aliphatic heterocycles. The molecule has 0 saturated carbocycles. The molecule has 0 bridgehead atoms. The van der Waals surface area contributed by atoms with Crippen molar-refractivity contribution in [3.8, 4) is 5.69 Å². The minimum atomic E-state index is -0.0401. The molecule has 18 heavy (non-hydrogen) atoms. The molecule has 0 aliphatic carbocycles. The van der Waals surface area contributed by atoms with E-state index in [0.717, 1.165) is 24.6 Å². The van der Waals surface area contributed by atoms with Crippen molar-refractivity contribution in [2.45, 2.75) is 12.8 Å². The highest BCUT2D eigenvalue weighted by molar-refractivity contribution is 5.46. The molecule has 0 radical (unpaired) electrons. The zero-order chi connectivity index (χ0) is 12.5. The largest absolute Gasteiger partial charge is 0.399 e. The van der Waals surface area contributed by atoms with Crippen LogP contribution in [0, 0.1) is 0 Å². The number of nitrogens with one attached hydrogen (secondary N) is 1. The summed E-state index contributed by atoms with van der Waals surface area (Å²) in [6.45, 7) is 2.03. The first-order valence-electron chi connectivity index (χ1n) is 6.17. The molecular formula is C13H16N4O. The number of nitrogen functional groups attached to an aromatic ring is 1. The summed E-state index contributed by atoms with van der Waals surface area (Å²) in [6, 6.07) is 8.90. The van der Waals surface area contributed by atoms with E-state index < -0.39 is 0 Å². The molecule has 0 unspecified atom stereocenters. The van der Waals surface area contributed by atoms with Gasteiger partial charge in [-0.1, -0.05) is 0 Å². The fourth-order valence-corrected chi connectivity index (χ4v) is 2.32. The molecule has 1 saturated heterocycles. The summed E-state index contributed by atoms with van der Waals surface area (Å²) in [5, 5.41) is 3.15. The lowest BCUT2D eigenvalue weighted by atomic mass is 10.3. The van der Waals surface area contributed by atoms with E-state index in [-0.39, 0.29) is 5.56 Å². The fourth-order valence-electron chi connectivity index (χ4n) is 2.32. The Morgan fingerprint density at radius 3 is 2.44 bits per heavy atom. The van der Waals surface area contributed by atoms with Crippen LogP contribution in [0.15, 0.2) is 35.1 Å². The Morgan fingerprint density at radius 1 is 1.11 bits per heavy atom. The Balaban J connectivity index is 1.97. The van der Waals surface area contributed by atoms with Crippen LogP contribution in [0.2, 0.25) is 0 Å². The van der Waals surface area contributed by atoms with Crippen LogP contribution in [-0.2, 0) is 0 Å². The Kier molecular flexibility index (Phi) is 2.59. The summed E-state index contributed by atoms with van der Waals surface area (Å²) in [7, 11) is 0. The number of aromatic nitrogens is 2. The number of benzene rings is 1. The number of rotatable bonds is 2. The van der Waals surface area contributed by atoms with Gasteiger partial charge in [-0.25, -0.2) is 4.68 Å². The first kappa shape index (κ1) is 11.0. The minimum Gasteiger partial charge on any atom is -0.399 e. The van der Waals surface area contributed by atoms with Gasteiger partial charge in [-0.05, 0) is 37.1 Å². The molecule has 1 aromatic carbocycles. The molecule has 2 aromatic rings. The van der Waals surface area contributed by atoms with E-state index in [4.69, 9.17) is 5.73 Å². The van der Waals surface area contributed by atoms with Crippen molar-refractivity contribution >= 4 is 11.5 Å². The first-order valence-corrected chi connectivity index (χ1v) is 6.17. The number of hydrogen-bond acceptors (Lipinski definition) is 3. The van der Waals surface area contributed by atoms with Gasteiger partial charge in [-0.15, -0.1) is 0 Å². The van der Waals surface area contributed by atoms with E-state index in [1.807, 2.05) is 12.1 Å². The topological polar surface area (TPSA) is 67.0 Å². The molecule has 3 N–H and O–H groups in total. The van der Waals surface area contributed by atoms with Gasteiger partial charge >= 0.3 is 0 Å². The van der Waals surface area contributed by atoms with Gasteiger partial charge in [0.05, 0.1) is 5.69 Å². The molecule has 0 atom stereocenters. The maximum absolute atomic E-state index is 12.0. The lowest BCUT2D eigenvalue weighted by molar-refractivity contribution is 0.824. The number of aromatic amines is 1. The number of H-pyrrole nitrogens is 1. The van der Waals surface area contributed by atoms with E-state index >= 15 is 0 Å². The normalized spacial score (nSPS) is 15.2. The van der Waals surface area contributed by atoms with Gasteiger partial charge in [0.2, 0.25) is 0 Å². The highest BCUT2D eigenvalue weighted by atomic mass is 16.1. The molecule has 2 heterocycles. The Bertz CT molecular complexity index is 590. The molecule has 94 valence electrons. The van der Waals surface area contributed by atoms with Crippen molar-refractivity contribution < 1.29 is 0 Å². The van der Waals surface area contributed by atoms with Gasteiger partial charge in [0, 0.05) is 24.8 Å². The predicted octanol–water partition coefficient (Wildman–Crippen LogP) is 1.35. The van der Waals surface area contributed by atoms with Crippen molar-refractivity contribution in [2.75, 3.05) is 23.7 Å². The number of anilines is 2. The van der Waals surface area contributed by atoms with Crippen molar-refractivity contribution in [1.82, 2.24) is 9.78 Å². The molecular weight excluding hydrogens is 228 g/mol. The standard InChI is InChI=1S/C13H16N4O/c14-10-3-5-11(6-4-10)17-13(18)9-12(15-17)16-7-1-2-8-16/h3-6,9,15H,1-2,7-8,14H2. The van der Waals surface area contributed by atoms with Gasteiger partial charge in [-0.2, -0.15) is 0 Å². The predicted molar refractivity (Wildman–Crippen MR) is 72.2 cm³/mol. The number of nitrogens with two attached hydrogens (primary N) is 1. The Hall–Kier alpha value is -2.17. The summed E-state index contributed by atoms with van der Waals surface area (Å²) < 4.78 is 1.55. The molecule has 1 aliphatic rings. The van der Waals surface area contributed by atoms with Crippen molar-refractivity contribution in [1.29, 1.82) is 0 Å². The lowest BCUT2D eigenvalue weighted by Crippen LogP contribution is -2.18. The van der Waals surface area contributed by atoms with Crippen LogP contribution in [-0.4, -0.2) is 22.9 Å². The van der Waals surface area contributed by atoms with Crippen LogP contribution in [0.3, 0.4) is 0 Å². The lowest BCUT2D eigenvalue weighted by Gasteiger charge is -2.14. The average molecular weight is 244 g/mol. The third-order valence-corrected chi connectivity index (χ3v) is 3.30. The summed E-state index contributed by atoms with van der Waals surface area (Å²) in [5.74, 6) is 0.898. The van der Waals surface area contributed by atoms with E-state index in [1.54, 1.807) is 22.9 Å². The fraction of sp³-hybridized carbons (Fsp3) is 0.308. The van der Waals surface area contributed by atoms with Crippen LogP contribution < -0.4 is 16.2 Å². The van der Waals surface area contributed by atoms with Gasteiger partial charge in [-0.3, -0.25) is 9.89 Å². The highest BCUT2D eigenvalue weighted by Gasteiger charge is 2.15. The van der Waals surface area contributed by atoms with E-state index in [0.29, 0.717) is 5.69 Å². The van der Waals surface area contributed by atoms with E-state index in [2.05, 4.69) is 10.00 Å². The summed E-state index contributed by atoms with van der Waals surface area (Å²) >= 11 is 0. The summed E-state index contributed by atoms with van der Waals surface area (Å²) in [6.07, 6.45) is 2.38. The summed E-state index contributed by atoms with van der Waals surface area (Å²) in [4.78, 5) is 14.2. The van der Waals surface area contributed by atoms with Crippen LogP contribution in [0.4, 0.5) is 11.5 Å². The third kappa shape index (κ3) is 1.88. The van der Waals surface area contributed by atoms with Crippen molar-refractivity contribution in [3.05, 3.63) is 40.7 Å². The zero-order valence-corrected chi connectivity index (χ0v) is 10.1. The molecule has 3 rings (SSSR count). The molecule has 5 nitrogen and oxygen atoms in total. The van der Waals surface area contributed by atoms with Gasteiger partial charge in [0.25, 0.3) is 5.56 Å². The van der Waals surface area contributed by atoms with Crippen molar-refractivity contribution in [2.24, 2.45) is 0 Å². The van der Waals surface area contributed by atoms with Gasteiger partial charge in [0.15, 0.2) is 0 Å². The zero-order valence-electron chi connectivity index (χ0n) is 10.1. The molecule has 0 amide bonds.